The summed E-state index contributed by atoms with van der Waals surface area (Å²) < 4.78 is 7.09. The van der Waals surface area contributed by atoms with Crippen LogP contribution in [0.1, 0.15) is 108 Å². The minimum Gasteiger partial charge on any atom is -0.461 e. The molecule has 36 heavy (non-hydrogen) atoms. The molecule has 3 atom stereocenters. The summed E-state index contributed by atoms with van der Waals surface area (Å²) in [6.07, 6.45) is 17.1. The van der Waals surface area contributed by atoms with Gasteiger partial charge in [0.15, 0.2) is 0 Å². The molecule has 2 aliphatic carbocycles. The zero-order valence-electron chi connectivity index (χ0n) is 22.2. The number of likely N-dealkylation sites (tertiary alicyclic amines) is 1. The summed E-state index contributed by atoms with van der Waals surface area (Å²) in [6.45, 7) is 5.33. The van der Waals surface area contributed by atoms with Gasteiger partial charge in [0.05, 0.1) is 23.2 Å². The first-order valence-corrected chi connectivity index (χ1v) is 14.5. The molecular formula is C30H43N3O3. The van der Waals surface area contributed by atoms with Crippen molar-refractivity contribution < 1.29 is 9.53 Å². The van der Waals surface area contributed by atoms with Gasteiger partial charge in [-0.25, -0.2) is 9.78 Å². The maximum atomic E-state index is 13.7. The number of carbonyl (C=O) groups excluding carboxylic acids is 1. The van der Waals surface area contributed by atoms with Crippen molar-refractivity contribution in [3.05, 3.63) is 40.3 Å². The zero-order chi connectivity index (χ0) is 25.1. The van der Waals surface area contributed by atoms with Crippen LogP contribution in [0, 0.1) is 5.92 Å². The first kappa shape index (κ1) is 25.4. The van der Waals surface area contributed by atoms with E-state index in [2.05, 4.69) is 16.8 Å². The van der Waals surface area contributed by atoms with E-state index >= 15 is 0 Å². The van der Waals surface area contributed by atoms with Crippen molar-refractivity contribution in [3.8, 4) is 0 Å². The van der Waals surface area contributed by atoms with Gasteiger partial charge in [0.25, 0.3) is 5.56 Å². The third-order valence-electron chi connectivity index (χ3n) is 9.29. The Labute approximate surface area is 215 Å². The van der Waals surface area contributed by atoms with Gasteiger partial charge in [0, 0.05) is 12.1 Å². The summed E-state index contributed by atoms with van der Waals surface area (Å²) in [5.41, 5.74) is 0.790. The molecule has 1 unspecified atom stereocenters. The number of nitrogens with zero attached hydrogens (tertiary/aromatic N) is 3. The van der Waals surface area contributed by atoms with Gasteiger partial charge in [-0.1, -0.05) is 69.9 Å². The summed E-state index contributed by atoms with van der Waals surface area (Å²) in [5, 5.41) is 0. The number of para-hydroxylation sites is 2. The molecule has 1 aromatic carbocycles. The van der Waals surface area contributed by atoms with Crippen LogP contribution in [-0.2, 0) is 10.3 Å². The molecule has 2 saturated carbocycles. The largest absolute Gasteiger partial charge is 0.461 e. The summed E-state index contributed by atoms with van der Waals surface area (Å²) in [5.74, 6) is -0.208. The summed E-state index contributed by atoms with van der Waals surface area (Å²) >= 11 is 0. The van der Waals surface area contributed by atoms with Gasteiger partial charge in [0.1, 0.15) is 0 Å². The Morgan fingerprint density at radius 1 is 1.00 bits per heavy atom. The summed E-state index contributed by atoms with van der Waals surface area (Å²) in [4.78, 5) is 33.6. The third-order valence-corrected chi connectivity index (χ3v) is 9.29. The fourth-order valence-corrected chi connectivity index (χ4v) is 7.43. The average molecular weight is 494 g/mol. The van der Waals surface area contributed by atoms with Gasteiger partial charge in [0.2, 0.25) is 5.69 Å². The highest BCUT2D eigenvalue weighted by Gasteiger charge is 2.58. The van der Waals surface area contributed by atoms with Crippen molar-refractivity contribution in [1.82, 2.24) is 14.5 Å². The zero-order valence-corrected chi connectivity index (χ0v) is 22.2. The number of hydrogen-bond acceptors (Lipinski definition) is 5. The van der Waals surface area contributed by atoms with Gasteiger partial charge in [-0.2, -0.15) is 0 Å². The first-order chi connectivity index (χ1) is 17.5. The quantitative estimate of drug-likeness (QED) is 0.485. The monoisotopic (exact) mass is 493 g/mol. The molecule has 3 fully saturated rings. The Kier molecular flexibility index (Phi) is 7.80. The van der Waals surface area contributed by atoms with Gasteiger partial charge in [-0.15, -0.1) is 0 Å². The molecule has 0 bridgehead atoms. The lowest BCUT2D eigenvalue weighted by Crippen LogP contribution is -2.62. The molecule has 6 nitrogen and oxygen atoms in total. The Morgan fingerprint density at radius 3 is 2.31 bits per heavy atom. The van der Waals surface area contributed by atoms with Gasteiger partial charge >= 0.3 is 5.97 Å². The summed E-state index contributed by atoms with van der Waals surface area (Å²) in [7, 11) is 0. The maximum Gasteiger partial charge on any atom is 0.362 e. The lowest BCUT2D eigenvalue weighted by Gasteiger charge is -2.54. The lowest BCUT2D eigenvalue weighted by molar-refractivity contribution is -0.0203. The third kappa shape index (κ3) is 4.73. The highest BCUT2D eigenvalue weighted by Crippen LogP contribution is 2.54. The molecule has 0 N–H and O–H groups in total. The minimum atomic E-state index is -0.622. The molecule has 6 heteroatoms. The summed E-state index contributed by atoms with van der Waals surface area (Å²) in [6, 6.07) is 8.92. The predicted octanol–water partition coefficient (Wildman–Crippen LogP) is 6.06. The molecule has 196 valence electrons. The smallest absolute Gasteiger partial charge is 0.362 e. The van der Waals surface area contributed by atoms with Gasteiger partial charge in [-0.05, 0) is 64.1 Å². The number of ether oxygens (including phenoxy) is 1. The van der Waals surface area contributed by atoms with Crippen LogP contribution in [0.3, 0.4) is 0 Å². The standard InChI is InChI=1S/C30H43N3O3/c1-3-36-29(35)27-28(34)33(25-18-14-13-17-24(25)31-27)30(2)21-26-23(30)19-20-32(26)22-15-11-9-7-5-4-6-8-10-12-16-22/h13-14,17-18,22-23,26H,3-12,15-16,19-21H2,1-2H3/t23?,26-,30+/m1/s1. The van der Waals surface area contributed by atoms with Crippen LogP contribution in [-0.4, -0.2) is 45.7 Å². The van der Waals surface area contributed by atoms with E-state index in [9.17, 15) is 9.59 Å². The topological polar surface area (TPSA) is 64.4 Å². The van der Waals surface area contributed by atoms with Crippen LogP contribution in [0.15, 0.2) is 29.1 Å². The molecular weight excluding hydrogens is 450 g/mol. The number of hydrogen-bond donors (Lipinski definition) is 0. The molecule has 0 radical (unpaired) electrons. The number of rotatable bonds is 4. The van der Waals surface area contributed by atoms with Crippen molar-refractivity contribution in [2.24, 2.45) is 5.92 Å². The molecule has 0 spiro atoms. The van der Waals surface area contributed by atoms with Crippen molar-refractivity contribution in [2.75, 3.05) is 13.2 Å². The van der Waals surface area contributed by atoms with Crippen LogP contribution in [0.2, 0.25) is 0 Å². The van der Waals surface area contributed by atoms with Crippen LogP contribution in [0.5, 0.6) is 0 Å². The van der Waals surface area contributed by atoms with Crippen LogP contribution < -0.4 is 5.56 Å². The van der Waals surface area contributed by atoms with Crippen molar-refractivity contribution in [3.63, 3.8) is 0 Å². The molecule has 2 aromatic rings. The van der Waals surface area contributed by atoms with E-state index in [1.807, 2.05) is 28.8 Å². The lowest BCUT2D eigenvalue weighted by atomic mass is 9.63. The van der Waals surface area contributed by atoms with Crippen molar-refractivity contribution in [1.29, 1.82) is 0 Å². The van der Waals surface area contributed by atoms with E-state index in [1.54, 1.807) is 6.92 Å². The number of aromatic nitrogens is 2. The number of benzene rings is 1. The van der Waals surface area contributed by atoms with E-state index in [4.69, 9.17) is 4.74 Å². The predicted molar refractivity (Wildman–Crippen MR) is 143 cm³/mol. The van der Waals surface area contributed by atoms with E-state index in [-0.39, 0.29) is 23.4 Å². The number of fused-ring (bicyclic) bond motifs is 2. The number of esters is 1. The van der Waals surface area contributed by atoms with Crippen LogP contribution in [0.4, 0.5) is 0 Å². The second-order valence-electron chi connectivity index (χ2n) is 11.5. The maximum absolute atomic E-state index is 13.7. The van der Waals surface area contributed by atoms with Gasteiger partial charge in [-0.3, -0.25) is 14.3 Å². The fourth-order valence-electron chi connectivity index (χ4n) is 7.43. The Bertz CT molecular complexity index is 1120. The molecule has 3 aliphatic rings. The van der Waals surface area contributed by atoms with E-state index < -0.39 is 5.97 Å². The molecule has 1 aromatic heterocycles. The van der Waals surface area contributed by atoms with E-state index in [1.165, 1.54) is 70.6 Å². The Balaban J connectivity index is 1.41. The molecule has 2 heterocycles. The second-order valence-corrected chi connectivity index (χ2v) is 11.5. The molecule has 5 rings (SSSR count). The first-order valence-electron chi connectivity index (χ1n) is 14.5. The Morgan fingerprint density at radius 2 is 1.64 bits per heavy atom. The fraction of sp³-hybridized carbons (Fsp3) is 0.700. The highest BCUT2D eigenvalue weighted by molar-refractivity contribution is 5.89. The molecule has 1 aliphatic heterocycles. The molecule has 0 amide bonds. The Hall–Kier alpha value is -2.21. The van der Waals surface area contributed by atoms with Crippen molar-refractivity contribution >= 4 is 17.0 Å². The normalized spacial score (nSPS) is 28.6. The van der Waals surface area contributed by atoms with E-state index in [0.717, 1.165) is 24.9 Å². The van der Waals surface area contributed by atoms with E-state index in [0.29, 0.717) is 23.5 Å². The van der Waals surface area contributed by atoms with Gasteiger partial charge < -0.3 is 4.74 Å². The minimum absolute atomic E-state index is 0.0885. The van der Waals surface area contributed by atoms with Crippen molar-refractivity contribution in [2.45, 2.75) is 115 Å². The SMILES string of the molecule is CCOC(=O)c1nc2ccccc2n([C@@]2(C)C[C@@H]3C2CCN3C2CCCCCCCCCCC2)c1=O. The molecule has 1 saturated heterocycles. The number of carbonyl (C=O) groups is 1. The highest BCUT2D eigenvalue weighted by atomic mass is 16.5. The van der Waals surface area contributed by atoms with Crippen LogP contribution in [0.25, 0.3) is 11.0 Å². The second kappa shape index (κ2) is 11.0. The average Bonchev–Trinajstić information content (AvgIpc) is 3.22. The van der Waals surface area contributed by atoms with Crippen LogP contribution >= 0.6 is 0 Å².